The Morgan fingerprint density at radius 3 is 2.64 bits per heavy atom. The summed E-state index contributed by atoms with van der Waals surface area (Å²) in [6.45, 7) is 4.55. The van der Waals surface area contributed by atoms with Crippen LogP contribution in [-0.4, -0.2) is 23.5 Å². The summed E-state index contributed by atoms with van der Waals surface area (Å²) in [4.78, 5) is 2.47. The molecule has 1 aliphatic carbocycles. The first kappa shape index (κ1) is 9.98. The Hall–Kier alpha value is -0.550. The van der Waals surface area contributed by atoms with E-state index in [0.717, 1.165) is 19.5 Å². The maximum atomic E-state index is 9.49. The summed E-state index contributed by atoms with van der Waals surface area (Å²) in [5.74, 6) is 0.630. The van der Waals surface area contributed by atoms with Crippen molar-refractivity contribution in [2.45, 2.75) is 51.0 Å². The van der Waals surface area contributed by atoms with Gasteiger partial charge in [0.05, 0.1) is 6.07 Å². The van der Waals surface area contributed by atoms with Gasteiger partial charge >= 0.3 is 0 Å². The summed E-state index contributed by atoms with van der Waals surface area (Å²) in [6.07, 6.45) is 7.38. The van der Waals surface area contributed by atoms with Crippen LogP contribution in [0.2, 0.25) is 0 Å². The standard InChI is InChI=1S/C12H20N2/c1-2-11-6-5-7-12(11,10-13)14-8-3-4-9-14/h11H,2-9H2,1H3. The molecule has 14 heavy (non-hydrogen) atoms. The SMILES string of the molecule is CCC1CCCC1(C#N)N1CCCC1. The molecule has 0 aromatic carbocycles. The van der Waals surface area contributed by atoms with Gasteiger partial charge in [0, 0.05) is 0 Å². The van der Waals surface area contributed by atoms with Crippen LogP contribution in [0.1, 0.15) is 45.4 Å². The zero-order chi connectivity index (χ0) is 10.0. The fourth-order valence-electron chi connectivity index (χ4n) is 3.35. The third-order valence-corrected chi connectivity index (χ3v) is 4.14. The first-order valence-electron chi connectivity index (χ1n) is 6.00. The number of likely N-dealkylation sites (tertiary alicyclic amines) is 1. The van der Waals surface area contributed by atoms with Gasteiger partial charge in [-0.25, -0.2) is 0 Å². The van der Waals surface area contributed by atoms with Crippen molar-refractivity contribution in [2.75, 3.05) is 13.1 Å². The Morgan fingerprint density at radius 1 is 1.36 bits per heavy atom. The van der Waals surface area contributed by atoms with Crippen molar-refractivity contribution in [2.24, 2.45) is 5.92 Å². The van der Waals surface area contributed by atoms with E-state index in [9.17, 15) is 5.26 Å². The van der Waals surface area contributed by atoms with Crippen molar-refractivity contribution < 1.29 is 0 Å². The van der Waals surface area contributed by atoms with Crippen LogP contribution in [-0.2, 0) is 0 Å². The molecule has 1 heterocycles. The number of hydrogen-bond acceptors (Lipinski definition) is 2. The van der Waals surface area contributed by atoms with Crippen molar-refractivity contribution >= 4 is 0 Å². The van der Waals surface area contributed by atoms with Gasteiger partial charge in [-0.2, -0.15) is 5.26 Å². The van der Waals surface area contributed by atoms with Crippen LogP contribution >= 0.6 is 0 Å². The topological polar surface area (TPSA) is 27.0 Å². The van der Waals surface area contributed by atoms with Crippen LogP contribution in [0.4, 0.5) is 0 Å². The van der Waals surface area contributed by atoms with Gasteiger partial charge in [0.1, 0.15) is 5.54 Å². The van der Waals surface area contributed by atoms with Gasteiger partial charge < -0.3 is 0 Å². The molecule has 2 fully saturated rings. The Labute approximate surface area is 86.9 Å². The predicted molar refractivity (Wildman–Crippen MR) is 56.8 cm³/mol. The Morgan fingerprint density at radius 2 is 2.07 bits per heavy atom. The lowest BCUT2D eigenvalue weighted by Crippen LogP contribution is -2.48. The first-order chi connectivity index (χ1) is 6.83. The Bertz CT molecular complexity index is 237. The largest absolute Gasteiger partial charge is 0.285 e. The molecule has 2 unspecified atom stereocenters. The lowest BCUT2D eigenvalue weighted by Gasteiger charge is -2.37. The maximum absolute atomic E-state index is 9.49. The average Bonchev–Trinajstić information content (AvgIpc) is 2.86. The molecule has 2 atom stereocenters. The molecule has 1 aliphatic heterocycles. The molecule has 2 nitrogen and oxygen atoms in total. The van der Waals surface area contributed by atoms with Gasteiger partial charge in [0.2, 0.25) is 0 Å². The maximum Gasteiger partial charge on any atom is 0.112 e. The highest BCUT2D eigenvalue weighted by molar-refractivity contribution is 5.15. The van der Waals surface area contributed by atoms with E-state index in [1.54, 1.807) is 0 Å². The summed E-state index contributed by atoms with van der Waals surface area (Å²) in [7, 11) is 0. The molecular weight excluding hydrogens is 172 g/mol. The summed E-state index contributed by atoms with van der Waals surface area (Å²) >= 11 is 0. The minimum atomic E-state index is -0.0781. The van der Waals surface area contributed by atoms with E-state index in [-0.39, 0.29) is 5.54 Å². The lowest BCUT2D eigenvalue weighted by molar-refractivity contribution is 0.126. The molecule has 78 valence electrons. The second-order valence-corrected chi connectivity index (χ2v) is 4.73. The van der Waals surface area contributed by atoms with E-state index < -0.39 is 0 Å². The highest BCUT2D eigenvalue weighted by atomic mass is 15.2. The molecule has 0 aromatic rings. The van der Waals surface area contributed by atoms with E-state index in [1.807, 2.05) is 0 Å². The monoisotopic (exact) mass is 192 g/mol. The number of hydrogen-bond donors (Lipinski definition) is 0. The predicted octanol–water partition coefficient (Wildman–Crippen LogP) is 2.55. The molecule has 2 aliphatic rings. The Kier molecular flexibility index (Phi) is 2.78. The van der Waals surface area contributed by atoms with Crippen molar-refractivity contribution in [3.8, 4) is 6.07 Å². The van der Waals surface area contributed by atoms with Crippen LogP contribution < -0.4 is 0 Å². The zero-order valence-electron chi connectivity index (χ0n) is 9.13. The van der Waals surface area contributed by atoms with Crippen molar-refractivity contribution in [3.05, 3.63) is 0 Å². The minimum absolute atomic E-state index is 0.0781. The quantitative estimate of drug-likeness (QED) is 0.672. The van der Waals surface area contributed by atoms with Crippen molar-refractivity contribution in [1.29, 1.82) is 5.26 Å². The van der Waals surface area contributed by atoms with E-state index in [1.165, 1.54) is 32.1 Å². The van der Waals surface area contributed by atoms with Crippen molar-refractivity contribution in [1.82, 2.24) is 4.90 Å². The third-order valence-electron chi connectivity index (χ3n) is 4.14. The molecule has 1 saturated carbocycles. The van der Waals surface area contributed by atoms with Crippen LogP contribution in [0.3, 0.4) is 0 Å². The highest BCUT2D eigenvalue weighted by Gasteiger charge is 2.47. The summed E-state index contributed by atoms with van der Waals surface area (Å²) in [5, 5.41) is 9.49. The molecule has 2 heteroatoms. The van der Waals surface area contributed by atoms with Crippen LogP contribution in [0.15, 0.2) is 0 Å². The fourth-order valence-corrected chi connectivity index (χ4v) is 3.35. The van der Waals surface area contributed by atoms with Crippen LogP contribution in [0, 0.1) is 17.2 Å². The fraction of sp³-hybridized carbons (Fsp3) is 0.917. The highest BCUT2D eigenvalue weighted by Crippen LogP contribution is 2.43. The molecular formula is C12H20N2. The molecule has 0 amide bonds. The molecule has 0 radical (unpaired) electrons. The number of nitrogens with zero attached hydrogens (tertiary/aromatic N) is 2. The van der Waals surface area contributed by atoms with Crippen LogP contribution in [0.5, 0.6) is 0 Å². The number of rotatable bonds is 2. The van der Waals surface area contributed by atoms with Gasteiger partial charge in [-0.05, 0) is 44.7 Å². The second kappa shape index (κ2) is 3.90. The second-order valence-electron chi connectivity index (χ2n) is 4.73. The molecule has 2 rings (SSSR count). The first-order valence-corrected chi connectivity index (χ1v) is 6.00. The molecule has 0 N–H and O–H groups in total. The van der Waals surface area contributed by atoms with Gasteiger partial charge in [-0.3, -0.25) is 4.90 Å². The third kappa shape index (κ3) is 1.35. The van der Waals surface area contributed by atoms with Gasteiger partial charge in [-0.15, -0.1) is 0 Å². The number of nitriles is 1. The molecule has 0 bridgehead atoms. The van der Waals surface area contributed by atoms with Crippen LogP contribution in [0.25, 0.3) is 0 Å². The van der Waals surface area contributed by atoms with Gasteiger partial charge in [0.25, 0.3) is 0 Å². The van der Waals surface area contributed by atoms with E-state index >= 15 is 0 Å². The Balaban J connectivity index is 2.19. The zero-order valence-corrected chi connectivity index (χ0v) is 9.13. The summed E-state index contributed by atoms with van der Waals surface area (Å²) in [6, 6.07) is 2.65. The molecule has 1 saturated heterocycles. The van der Waals surface area contributed by atoms with E-state index in [0.29, 0.717) is 5.92 Å². The summed E-state index contributed by atoms with van der Waals surface area (Å²) < 4.78 is 0. The molecule has 0 spiro atoms. The van der Waals surface area contributed by atoms with Gasteiger partial charge in [-0.1, -0.05) is 19.8 Å². The summed E-state index contributed by atoms with van der Waals surface area (Å²) in [5.41, 5.74) is -0.0781. The van der Waals surface area contributed by atoms with Gasteiger partial charge in [0.15, 0.2) is 0 Å². The smallest absolute Gasteiger partial charge is 0.112 e. The average molecular weight is 192 g/mol. The van der Waals surface area contributed by atoms with E-state index in [4.69, 9.17) is 0 Å². The van der Waals surface area contributed by atoms with Crippen molar-refractivity contribution in [3.63, 3.8) is 0 Å². The lowest BCUT2D eigenvalue weighted by atomic mass is 9.85. The molecule has 0 aromatic heterocycles. The minimum Gasteiger partial charge on any atom is -0.285 e. The normalized spacial score (nSPS) is 38.7. The van der Waals surface area contributed by atoms with E-state index in [2.05, 4.69) is 17.9 Å².